The summed E-state index contributed by atoms with van der Waals surface area (Å²) in [7, 11) is 4.20. The molecule has 2 aromatic carbocycles. The first-order valence-corrected chi connectivity index (χ1v) is 23.4. The number of aliphatic carboxylic acids is 2. The Balaban J connectivity index is 1.64. The van der Waals surface area contributed by atoms with E-state index in [0.29, 0.717) is 12.8 Å². The first-order chi connectivity index (χ1) is 24.0. The van der Waals surface area contributed by atoms with Crippen LogP contribution in [0.2, 0.25) is 0 Å². The van der Waals surface area contributed by atoms with Crippen LogP contribution < -0.4 is 4.90 Å². The molecular weight excluding hydrogens is 1320 g/mol. The van der Waals surface area contributed by atoms with Gasteiger partial charge in [-0.25, -0.2) is 0 Å². The predicted octanol–water partition coefficient (Wildman–Crippen LogP) is 12.2. The average Bonchev–Trinajstić information content (AvgIpc) is 3.40. The Morgan fingerprint density at radius 3 is 2.08 bits per heavy atom. The minimum absolute atomic E-state index is 0.198. The Kier molecular flexibility index (Phi) is 16.3. The van der Waals surface area contributed by atoms with Gasteiger partial charge in [0, 0.05) is 69.4 Å². The standard InChI is InChI=1S/C39H42I6N2O4/c1-6-7-16-23(37(50)51)39(3)29(47(5)27-22-25(41)34(43)36(45)32(27)39)18-13-10-8-9-12-17-28-38(2,20-15-11-14-19-30(48)49)31-26(46(28)4)21-24(40)33(42)35(31)44/h8-10,12-13,17-18,21-23H,6-7,11,14-16,19-20H2,1-5H3,(H-,48,49,50,51)/p+1. The highest BCUT2D eigenvalue weighted by Gasteiger charge is 2.52. The van der Waals surface area contributed by atoms with Crippen molar-refractivity contribution < 1.29 is 24.4 Å². The Hall–Kier alpha value is 0.190. The summed E-state index contributed by atoms with van der Waals surface area (Å²) in [4.78, 5) is 26.1. The molecule has 2 N–H and O–H groups in total. The summed E-state index contributed by atoms with van der Waals surface area (Å²) < 4.78 is 9.58. The van der Waals surface area contributed by atoms with Gasteiger partial charge in [-0.1, -0.05) is 63.0 Å². The molecule has 3 unspecified atom stereocenters. The average molecular weight is 1370 g/mol. The highest BCUT2D eigenvalue weighted by atomic mass is 127. The number of hydrogen-bond donors (Lipinski definition) is 2. The largest absolute Gasteiger partial charge is 0.481 e. The number of anilines is 1. The summed E-state index contributed by atoms with van der Waals surface area (Å²) >= 11 is 14.5. The van der Waals surface area contributed by atoms with Crippen molar-refractivity contribution in [3.05, 3.63) is 92.9 Å². The van der Waals surface area contributed by atoms with Gasteiger partial charge in [0.25, 0.3) is 0 Å². The van der Waals surface area contributed by atoms with E-state index < -0.39 is 23.3 Å². The van der Waals surface area contributed by atoms with Crippen molar-refractivity contribution in [3.8, 4) is 0 Å². The Labute approximate surface area is 384 Å². The maximum atomic E-state index is 12.9. The van der Waals surface area contributed by atoms with Crippen molar-refractivity contribution in [1.82, 2.24) is 0 Å². The van der Waals surface area contributed by atoms with Crippen molar-refractivity contribution >= 4 is 165 Å². The number of unbranched alkanes of at least 4 members (excludes halogenated alkanes) is 3. The lowest BCUT2D eigenvalue weighted by Gasteiger charge is -2.35. The van der Waals surface area contributed by atoms with E-state index >= 15 is 0 Å². The summed E-state index contributed by atoms with van der Waals surface area (Å²) in [6.07, 6.45) is 20.6. The second kappa shape index (κ2) is 18.9. The van der Waals surface area contributed by atoms with Gasteiger partial charge in [-0.15, -0.1) is 0 Å². The third-order valence-corrected chi connectivity index (χ3v) is 20.5. The zero-order valence-corrected chi connectivity index (χ0v) is 42.2. The third-order valence-electron chi connectivity index (χ3n) is 10.3. The maximum absolute atomic E-state index is 12.9. The Morgan fingerprint density at radius 1 is 0.843 bits per heavy atom. The van der Waals surface area contributed by atoms with Crippen LogP contribution in [0.3, 0.4) is 0 Å². The molecule has 0 radical (unpaired) electrons. The van der Waals surface area contributed by atoms with E-state index in [-0.39, 0.29) is 11.8 Å². The quantitative estimate of drug-likeness (QED) is 0.0611. The fraction of sp³-hybridized carbons (Fsp3) is 0.410. The molecule has 2 aliphatic rings. The maximum Gasteiger partial charge on any atom is 0.307 e. The van der Waals surface area contributed by atoms with E-state index in [4.69, 9.17) is 5.11 Å². The third kappa shape index (κ3) is 9.10. The molecule has 6 nitrogen and oxygen atoms in total. The number of fused-ring (bicyclic) bond motifs is 2. The molecule has 0 aliphatic carbocycles. The second-order valence-corrected chi connectivity index (χ2v) is 20.1. The van der Waals surface area contributed by atoms with Crippen LogP contribution in [0, 0.1) is 27.3 Å². The summed E-state index contributed by atoms with van der Waals surface area (Å²) in [5.74, 6) is -2.03. The van der Waals surface area contributed by atoms with Crippen LogP contribution >= 0.6 is 136 Å². The number of rotatable bonds is 15. The van der Waals surface area contributed by atoms with E-state index in [2.05, 4.69) is 210 Å². The Bertz CT molecular complexity index is 1870. The fourth-order valence-electron chi connectivity index (χ4n) is 7.62. The van der Waals surface area contributed by atoms with Crippen LogP contribution in [-0.2, 0) is 20.4 Å². The minimum atomic E-state index is -0.751. The van der Waals surface area contributed by atoms with E-state index in [1.165, 1.54) is 34.8 Å². The lowest BCUT2D eigenvalue weighted by Crippen LogP contribution is -2.39. The van der Waals surface area contributed by atoms with Crippen molar-refractivity contribution in [2.24, 2.45) is 5.92 Å². The van der Waals surface area contributed by atoms with Gasteiger partial charge in [0.05, 0.1) is 16.9 Å². The van der Waals surface area contributed by atoms with Gasteiger partial charge in [-0.2, -0.15) is 4.58 Å². The number of carbonyl (C=O) groups is 2. The van der Waals surface area contributed by atoms with Gasteiger partial charge < -0.3 is 15.1 Å². The molecule has 0 spiro atoms. The molecule has 2 aromatic rings. The number of nitrogens with zero attached hydrogens (tertiary/aromatic N) is 2. The minimum Gasteiger partial charge on any atom is -0.481 e. The van der Waals surface area contributed by atoms with Crippen LogP contribution in [0.5, 0.6) is 0 Å². The molecule has 0 fully saturated rings. The molecule has 0 aromatic heterocycles. The zero-order chi connectivity index (χ0) is 37.8. The van der Waals surface area contributed by atoms with E-state index in [1.54, 1.807) is 0 Å². The SMILES string of the molecule is CCCCC(C(=O)O)C1(C)/C(=C/C=C/C=C/C=C/C2=[N+](C)c3cc(I)c(I)c(I)c3C2(C)CCCCCC(=O)O)N(C)c2cc(I)c(I)c(I)c21. The summed E-state index contributed by atoms with van der Waals surface area (Å²) in [6.45, 7) is 6.56. The highest BCUT2D eigenvalue weighted by Crippen LogP contribution is 2.55. The molecule has 3 atom stereocenters. The van der Waals surface area contributed by atoms with Crippen LogP contribution in [-0.4, -0.2) is 46.5 Å². The van der Waals surface area contributed by atoms with Crippen LogP contribution in [0.4, 0.5) is 11.4 Å². The van der Waals surface area contributed by atoms with E-state index in [0.717, 1.165) is 52.6 Å². The molecule has 274 valence electrons. The fourth-order valence-corrected chi connectivity index (χ4v) is 12.9. The van der Waals surface area contributed by atoms with E-state index in [1.807, 2.05) is 24.3 Å². The number of hydrogen-bond acceptors (Lipinski definition) is 3. The van der Waals surface area contributed by atoms with Crippen molar-refractivity contribution in [2.45, 2.75) is 83.0 Å². The molecule has 0 saturated heterocycles. The molecule has 0 amide bonds. The molecule has 0 saturated carbocycles. The lowest BCUT2D eigenvalue weighted by molar-refractivity contribution is -0.401. The van der Waals surface area contributed by atoms with Crippen molar-refractivity contribution in [3.63, 3.8) is 0 Å². The molecular formula is C39H43I6N2O4+. The number of allylic oxidation sites excluding steroid dienone is 8. The molecule has 0 bridgehead atoms. The molecule has 51 heavy (non-hydrogen) atoms. The van der Waals surface area contributed by atoms with Gasteiger partial charge in [0.15, 0.2) is 5.71 Å². The normalized spacial score (nSPS) is 21.5. The number of carboxylic acid groups (broad SMARTS) is 2. The van der Waals surface area contributed by atoms with Crippen LogP contribution in [0.1, 0.15) is 83.3 Å². The van der Waals surface area contributed by atoms with Gasteiger partial charge >= 0.3 is 11.9 Å². The van der Waals surface area contributed by atoms with Gasteiger partial charge in [-0.3, -0.25) is 9.59 Å². The topological polar surface area (TPSA) is 80.8 Å². The number of halogens is 6. The van der Waals surface area contributed by atoms with Crippen molar-refractivity contribution in [1.29, 1.82) is 0 Å². The van der Waals surface area contributed by atoms with Crippen LogP contribution in [0.15, 0.2) is 60.4 Å². The number of benzene rings is 2. The van der Waals surface area contributed by atoms with E-state index in [9.17, 15) is 14.7 Å². The monoisotopic (exact) mass is 1360 g/mol. The van der Waals surface area contributed by atoms with Crippen LogP contribution in [0.25, 0.3) is 0 Å². The number of likely N-dealkylation sites (N-methyl/N-ethyl adjacent to an activating group) is 1. The zero-order valence-electron chi connectivity index (χ0n) is 29.3. The Morgan fingerprint density at radius 2 is 1.45 bits per heavy atom. The molecule has 2 aliphatic heterocycles. The summed E-state index contributed by atoms with van der Waals surface area (Å²) in [5, 5.41) is 19.7. The summed E-state index contributed by atoms with van der Waals surface area (Å²) in [6, 6.07) is 4.47. The summed E-state index contributed by atoms with van der Waals surface area (Å²) in [5.41, 5.74) is 6.13. The second-order valence-electron chi connectivity index (χ2n) is 13.5. The number of carboxylic acids is 2. The molecule has 2 heterocycles. The lowest BCUT2D eigenvalue weighted by atomic mass is 9.69. The van der Waals surface area contributed by atoms with Crippen molar-refractivity contribution in [2.75, 3.05) is 19.0 Å². The molecule has 12 heteroatoms. The first kappa shape index (κ1) is 43.9. The van der Waals surface area contributed by atoms with Gasteiger partial charge in [-0.05, 0) is 181 Å². The highest BCUT2D eigenvalue weighted by molar-refractivity contribution is 14.1. The van der Waals surface area contributed by atoms with Gasteiger partial charge in [0.2, 0.25) is 5.69 Å². The molecule has 4 rings (SSSR count). The smallest absolute Gasteiger partial charge is 0.307 e. The predicted molar refractivity (Wildman–Crippen MR) is 260 cm³/mol. The van der Waals surface area contributed by atoms with Gasteiger partial charge in [0.1, 0.15) is 7.05 Å². The first-order valence-electron chi connectivity index (χ1n) is 16.9.